The van der Waals surface area contributed by atoms with Crippen molar-refractivity contribution in [3.63, 3.8) is 0 Å². The van der Waals surface area contributed by atoms with Gasteiger partial charge in [-0.1, -0.05) is 12.1 Å². The molecule has 0 saturated carbocycles. The quantitative estimate of drug-likeness (QED) is 0.822. The summed E-state index contributed by atoms with van der Waals surface area (Å²) in [7, 11) is 0. The van der Waals surface area contributed by atoms with Gasteiger partial charge in [-0.3, -0.25) is 0 Å². The molecule has 15 heavy (non-hydrogen) atoms. The molecule has 0 bridgehead atoms. The zero-order valence-electron chi connectivity index (χ0n) is 7.67. The van der Waals surface area contributed by atoms with Crippen molar-refractivity contribution in [1.82, 2.24) is 0 Å². The molecule has 5 heteroatoms. The van der Waals surface area contributed by atoms with Gasteiger partial charge in [0.2, 0.25) is 0 Å². The van der Waals surface area contributed by atoms with E-state index in [2.05, 4.69) is 0 Å². The molecule has 0 saturated heterocycles. The van der Waals surface area contributed by atoms with Gasteiger partial charge in [0.05, 0.1) is 24.7 Å². The number of benzene rings is 1. The Balaban J connectivity index is 3.24. The molecule has 0 fully saturated rings. The van der Waals surface area contributed by atoms with Gasteiger partial charge in [-0.2, -0.15) is 18.4 Å². The standard InChI is InChI=1S/C10H8F3NO/c11-10(12,13)9-5-7(6-15)1-2-8(9)3-4-14/h1-2,5,15H,3,6H2. The molecular formula is C10H8F3NO. The van der Waals surface area contributed by atoms with Gasteiger partial charge in [-0.05, 0) is 17.2 Å². The molecule has 80 valence electrons. The molecule has 1 aromatic rings. The highest BCUT2D eigenvalue weighted by Crippen LogP contribution is 2.32. The van der Waals surface area contributed by atoms with Crippen molar-refractivity contribution in [2.75, 3.05) is 0 Å². The van der Waals surface area contributed by atoms with E-state index in [0.29, 0.717) is 0 Å². The van der Waals surface area contributed by atoms with E-state index in [-0.39, 0.29) is 17.5 Å². The first-order valence-corrected chi connectivity index (χ1v) is 4.16. The van der Waals surface area contributed by atoms with Crippen molar-refractivity contribution in [2.45, 2.75) is 19.2 Å². The lowest BCUT2D eigenvalue weighted by atomic mass is 10.0. The van der Waals surface area contributed by atoms with Crippen molar-refractivity contribution in [3.8, 4) is 6.07 Å². The van der Waals surface area contributed by atoms with E-state index in [1.54, 1.807) is 6.07 Å². The summed E-state index contributed by atoms with van der Waals surface area (Å²) < 4.78 is 37.5. The Morgan fingerprint density at radius 2 is 2.00 bits per heavy atom. The molecule has 0 spiro atoms. The van der Waals surface area contributed by atoms with Crippen LogP contribution in [0.5, 0.6) is 0 Å². The van der Waals surface area contributed by atoms with Crippen LogP contribution >= 0.6 is 0 Å². The summed E-state index contributed by atoms with van der Waals surface area (Å²) in [6.45, 7) is -0.448. The molecule has 1 N–H and O–H groups in total. The van der Waals surface area contributed by atoms with E-state index >= 15 is 0 Å². The molecule has 0 aliphatic heterocycles. The fourth-order valence-corrected chi connectivity index (χ4v) is 1.23. The number of hydrogen-bond donors (Lipinski definition) is 1. The number of nitriles is 1. The van der Waals surface area contributed by atoms with Gasteiger partial charge in [0.25, 0.3) is 0 Å². The summed E-state index contributed by atoms with van der Waals surface area (Å²) in [5.74, 6) is 0. The van der Waals surface area contributed by atoms with Crippen molar-refractivity contribution in [3.05, 3.63) is 34.9 Å². The van der Waals surface area contributed by atoms with Crippen LogP contribution in [-0.4, -0.2) is 5.11 Å². The fourth-order valence-electron chi connectivity index (χ4n) is 1.23. The molecule has 0 unspecified atom stereocenters. The largest absolute Gasteiger partial charge is 0.416 e. The second-order valence-corrected chi connectivity index (χ2v) is 2.98. The maximum Gasteiger partial charge on any atom is 0.416 e. The number of rotatable bonds is 2. The number of halogens is 3. The number of aliphatic hydroxyl groups excluding tert-OH is 1. The first kappa shape index (κ1) is 11.5. The minimum absolute atomic E-state index is 0.0674. The first-order valence-electron chi connectivity index (χ1n) is 4.16. The Bertz CT molecular complexity index is 393. The highest BCUT2D eigenvalue weighted by Gasteiger charge is 2.33. The lowest BCUT2D eigenvalue weighted by Crippen LogP contribution is -2.09. The lowest BCUT2D eigenvalue weighted by Gasteiger charge is -2.11. The molecule has 0 heterocycles. The first-order chi connectivity index (χ1) is 6.99. The van der Waals surface area contributed by atoms with Crippen LogP contribution in [0, 0.1) is 11.3 Å². The number of nitrogens with zero attached hydrogens (tertiary/aromatic N) is 1. The molecule has 0 amide bonds. The Morgan fingerprint density at radius 3 is 2.47 bits per heavy atom. The van der Waals surface area contributed by atoms with Crippen LogP contribution in [0.1, 0.15) is 16.7 Å². The number of alkyl halides is 3. The van der Waals surface area contributed by atoms with E-state index in [1.807, 2.05) is 0 Å². The van der Waals surface area contributed by atoms with E-state index in [9.17, 15) is 13.2 Å². The van der Waals surface area contributed by atoms with E-state index in [1.165, 1.54) is 12.1 Å². The van der Waals surface area contributed by atoms with Crippen LogP contribution in [0.15, 0.2) is 18.2 Å². The minimum Gasteiger partial charge on any atom is -0.392 e. The van der Waals surface area contributed by atoms with Gasteiger partial charge < -0.3 is 5.11 Å². The second-order valence-electron chi connectivity index (χ2n) is 2.98. The van der Waals surface area contributed by atoms with Crippen LogP contribution in [0.2, 0.25) is 0 Å². The SMILES string of the molecule is N#CCc1ccc(CO)cc1C(F)(F)F. The molecule has 0 aromatic heterocycles. The van der Waals surface area contributed by atoms with Crippen molar-refractivity contribution in [2.24, 2.45) is 0 Å². The molecule has 0 radical (unpaired) electrons. The average molecular weight is 215 g/mol. The monoisotopic (exact) mass is 215 g/mol. The smallest absolute Gasteiger partial charge is 0.392 e. The molecular weight excluding hydrogens is 207 g/mol. The second kappa shape index (κ2) is 4.32. The molecule has 0 aliphatic rings. The van der Waals surface area contributed by atoms with E-state index in [0.717, 1.165) is 6.07 Å². The summed E-state index contributed by atoms with van der Waals surface area (Å²) in [5.41, 5.74) is -0.734. The highest BCUT2D eigenvalue weighted by atomic mass is 19.4. The summed E-state index contributed by atoms with van der Waals surface area (Å²) >= 11 is 0. The predicted molar refractivity (Wildman–Crippen MR) is 46.7 cm³/mol. The van der Waals surface area contributed by atoms with E-state index in [4.69, 9.17) is 10.4 Å². The highest BCUT2D eigenvalue weighted by molar-refractivity contribution is 5.35. The Kier molecular flexibility index (Phi) is 3.32. The predicted octanol–water partition coefficient (Wildman–Crippen LogP) is 2.26. The van der Waals surface area contributed by atoms with Crippen LogP contribution < -0.4 is 0 Å². The van der Waals surface area contributed by atoms with Crippen LogP contribution in [-0.2, 0) is 19.2 Å². The summed E-state index contributed by atoms with van der Waals surface area (Å²) in [6.07, 6.45) is -4.78. The fraction of sp³-hybridized carbons (Fsp3) is 0.300. The summed E-state index contributed by atoms with van der Waals surface area (Å²) in [6, 6.07) is 5.14. The number of aliphatic hydroxyl groups is 1. The lowest BCUT2D eigenvalue weighted by molar-refractivity contribution is -0.138. The third kappa shape index (κ3) is 2.70. The molecule has 0 atom stereocenters. The van der Waals surface area contributed by atoms with Gasteiger partial charge in [0.15, 0.2) is 0 Å². The minimum atomic E-state index is -4.49. The van der Waals surface area contributed by atoms with E-state index < -0.39 is 18.3 Å². The zero-order valence-corrected chi connectivity index (χ0v) is 7.67. The van der Waals surface area contributed by atoms with Crippen molar-refractivity contribution in [1.29, 1.82) is 5.26 Å². The summed E-state index contributed by atoms with van der Waals surface area (Å²) in [5, 5.41) is 17.1. The van der Waals surface area contributed by atoms with Crippen LogP contribution in [0.25, 0.3) is 0 Å². The molecule has 1 aromatic carbocycles. The van der Waals surface area contributed by atoms with Crippen molar-refractivity contribution >= 4 is 0 Å². The third-order valence-electron chi connectivity index (χ3n) is 1.93. The molecule has 1 rings (SSSR count). The topological polar surface area (TPSA) is 44.0 Å². The maximum atomic E-state index is 12.5. The Morgan fingerprint density at radius 1 is 1.33 bits per heavy atom. The van der Waals surface area contributed by atoms with Crippen LogP contribution in [0.3, 0.4) is 0 Å². The average Bonchev–Trinajstić information content (AvgIpc) is 2.17. The maximum absolute atomic E-state index is 12.5. The van der Waals surface area contributed by atoms with Gasteiger partial charge >= 0.3 is 6.18 Å². The molecule has 0 aliphatic carbocycles. The van der Waals surface area contributed by atoms with Crippen molar-refractivity contribution < 1.29 is 18.3 Å². The number of hydrogen-bond acceptors (Lipinski definition) is 2. The van der Waals surface area contributed by atoms with Crippen LogP contribution in [0.4, 0.5) is 13.2 Å². The Hall–Kier alpha value is -1.54. The summed E-state index contributed by atoms with van der Waals surface area (Å²) in [4.78, 5) is 0. The zero-order chi connectivity index (χ0) is 11.5. The van der Waals surface area contributed by atoms with Gasteiger partial charge in [0, 0.05) is 0 Å². The normalized spacial score (nSPS) is 11.1. The Labute approximate surface area is 84.6 Å². The molecule has 2 nitrogen and oxygen atoms in total. The van der Waals surface area contributed by atoms with Gasteiger partial charge in [0.1, 0.15) is 0 Å². The van der Waals surface area contributed by atoms with Gasteiger partial charge in [-0.15, -0.1) is 0 Å². The van der Waals surface area contributed by atoms with Gasteiger partial charge in [-0.25, -0.2) is 0 Å². The third-order valence-corrected chi connectivity index (χ3v) is 1.93.